The molecule has 0 saturated heterocycles. The standard InChI is InChI=1S/C7H16O2S/c1-3-4-5-6-10-7(2,8)9/h8-9H,3-6H2,1-2H3. The zero-order valence-electron chi connectivity index (χ0n) is 6.63. The van der Waals surface area contributed by atoms with Crippen LogP contribution in [0.3, 0.4) is 0 Å². The molecule has 0 spiro atoms. The van der Waals surface area contributed by atoms with Gasteiger partial charge in [0.25, 0.3) is 0 Å². The predicted molar refractivity (Wildman–Crippen MR) is 44.8 cm³/mol. The maximum Gasteiger partial charge on any atom is 0.210 e. The van der Waals surface area contributed by atoms with Gasteiger partial charge in [0, 0.05) is 0 Å². The molecule has 0 aliphatic heterocycles. The van der Waals surface area contributed by atoms with Crippen molar-refractivity contribution < 1.29 is 10.2 Å². The third-order valence-electron chi connectivity index (χ3n) is 1.12. The Morgan fingerprint density at radius 3 is 2.30 bits per heavy atom. The van der Waals surface area contributed by atoms with Crippen LogP contribution in [0.2, 0.25) is 0 Å². The highest BCUT2D eigenvalue weighted by Gasteiger charge is 2.13. The minimum absolute atomic E-state index is 0.831. The first-order valence-corrected chi connectivity index (χ1v) is 4.63. The zero-order valence-corrected chi connectivity index (χ0v) is 7.45. The molecule has 0 atom stereocenters. The monoisotopic (exact) mass is 164 g/mol. The van der Waals surface area contributed by atoms with Gasteiger partial charge in [-0.05, 0) is 19.1 Å². The Hall–Kier alpha value is 0.270. The van der Waals surface area contributed by atoms with E-state index in [2.05, 4.69) is 6.92 Å². The second-order valence-corrected chi connectivity index (χ2v) is 3.96. The quantitative estimate of drug-likeness (QED) is 0.478. The maximum atomic E-state index is 8.84. The summed E-state index contributed by atoms with van der Waals surface area (Å²) in [4.78, 5) is 0. The van der Waals surface area contributed by atoms with Crippen molar-refractivity contribution in [3.8, 4) is 0 Å². The van der Waals surface area contributed by atoms with Gasteiger partial charge in [0.2, 0.25) is 5.12 Å². The number of aliphatic hydroxyl groups is 2. The van der Waals surface area contributed by atoms with Crippen molar-refractivity contribution in [2.75, 3.05) is 5.75 Å². The van der Waals surface area contributed by atoms with Crippen molar-refractivity contribution in [2.24, 2.45) is 0 Å². The molecule has 0 aliphatic carbocycles. The summed E-state index contributed by atoms with van der Waals surface area (Å²) in [6.07, 6.45) is 3.41. The third kappa shape index (κ3) is 8.27. The van der Waals surface area contributed by atoms with Crippen LogP contribution < -0.4 is 0 Å². The van der Waals surface area contributed by atoms with Crippen molar-refractivity contribution in [3.05, 3.63) is 0 Å². The van der Waals surface area contributed by atoms with Gasteiger partial charge in [-0.15, -0.1) is 0 Å². The highest BCUT2D eigenvalue weighted by molar-refractivity contribution is 8.00. The molecule has 0 fully saturated rings. The first kappa shape index (κ1) is 10.3. The molecule has 3 heteroatoms. The lowest BCUT2D eigenvalue weighted by Gasteiger charge is -2.13. The van der Waals surface area contributed by atoms with E-state index in [1.165, 1.54) is 31.5 Å². The summed E-state index contributed by atoms with van der Waals surface area (Å²) in [6, 6.07) is 0. The highest BCUT2D eigenvalue weighted by atomic mass is 32.2. The molecule has 0 heterocycles. The topological polar surface area (TPSA) is 40.5 Å². The Balaban J connectivity index is 3.04. The average Bonchev–Trinajstić information content (AvgIpc) is 1.78. The minimum atomic E-state index is -1.53. The highest BCUT2D eigenvalue weighted by Crippen LogP contribution is 2.19. The van der Waals surface area contributed by atoms with Gasteiger partial charge in [0.15, 0.2) is 0 Å². The number of thioether (sulfide) groups is 1. The smallest absolute Gasteiger partial charge is 0.210 e. The van der Waals surface area contributed by atoms with Gasteiger partial charge in [0.05, 0.1) is 0 Å². The molecule has 0 aromatic heterocycles. The van der Waals surface area contributed by atoms with Crippen LogP contribution in [0.15, 0.2) is 0 Å². The predicted octanol–water partition coefficient (Wildman–Crippen LogP) is 1.57. The summed E-state index contributed by atoms with van der Waals surface area (Å²) in [5.74, 6) is 0.831. The third-order valence-corrected chi connectivity index (χ3v) is 2.16. The van der Waals surface area contributed by atoms with Crippen molar-refractivity contribution in [1.82, 2.24) is 0 Å². The van der Waals surface area contributed by atoms with Crippen molar-refractivity contribution in [2.45, 2.75) is 38.2 Å². The Labute approximate surface area is 66.6 Å². The van der Waals surface area contributed by atoms with Crippen LogP contribution in [0, 0.1) is 0 Å². The van der Waals surface area contributed by atoms with Gasteiger partial charge < -0.3 is 10.2 Å². The van der Waals surface area contributed by atoms with E-state index < -0.39 is 5.12 Å². The van der Waals surface area contributed by atoms with Crippen LogP contribution in [0.4, 0.5) is 0 Å². The van der Waals surface area contributed by atoms with Gasteiger partial charge in [-0.2, -0.15) is 0 Å². The van der Waals surface area contributed by atoms with Gasteiger partial charge in [-0.25, -0.2) is 0 Å². The summed E-state index contributed by atoms with van der Waals surface area (Å²) in [7, 11) is 0. The molecule has 62 valence electrons. The molecular weight excluding hydrogens is 148 g/mol. The van der Waals surface area contributed by atoms with Crippen molar-refractivity contribution >= 4 is 11.8 Å². The summed E-state index contributed by atoms with van der Waals surface area (Å²) < 4.78 is 0. The lowest BCUT2D eigenvalue weighted by atomic mass is 10.3. The van der Waals surface area contributed by atoms with E-state index in [1.807, 2.05) is 0 Å². The van der Waals surface area contributed by atoms with Crippen LogP contribution >= 0.6 is 11.8 Å². The van der Waals surface area contributed by atoms with E-state index in [4.69, 9.17) is 10.2 Å². The molecule has 0 aromatic carbocycles. The number of hydrogen-bond acceptors (Lipinski definition) is 3. The van der Waals surface area contributed by atoms with Crippen LogP contribution in [-0.2, 0) is 0 Å². The molecule has 0 bridgehead atoms. The molecule has 0 aliphatic rings. The Bertz CT molecular complexity index is 78.2. The van der Waals surface area contributed by atoms with Crippen LogP contribution in [0.25, 0.3) is 0 Å². The molecule has 2 nitrogen and oxygen atoms in total. The maximum absolute atomic E-state index is 8.84. The molecule has 0 amide bonds. The molecule has 0 rings (SSSR count). The average molecular weight is 164 g/mol. The summed E-state index contributed by atoms with van der Waals surface area (Å²) >= 11 is 1.18. The molecule has 0 unspecified atom stereocenters. The molecule has 10 heavy (non-hydrogen) atoms. The molecule has 0 radical (unpaired) electrons. The SMILES string of the molecule is CCCCCSC(C)(O)O. The van der Waals surface area contributed by atoms with Gasteiger partial charge >= 0.3 is 0 Å². The van der Waals surface area contributed by atoms with E-state index in [-0.39, 0.29) is 0 Å². The summed E-state index contributed by atoms with van der Waals surface area (Å²) in [6.45, 7) is 3.52. The number of rotatable bonds is 5. The van der Waals surface area contributed by atoms with Crippen molar-refractivity contribution in [3.63, 3.8) is 0 Å². The lowest BCUT2D eigenvalue weighted by molar-refractivity contribution is -0.0588. The van der Waals surface area contributed by atoms with E-state index in [0.29, 0.717) is 0 Å². The number of unbranched alkanes of at least 4 members (excludes halogenated alkanes) is 2. The summed E-state index contributed by atoms with van der Waals surface area (Å²) in [5, 5.41) is 16.1. The van der Waals surface area contributed by atoms with E-state index in [1.54, 1.807) is 0 Å². The fourth-order valence-electron chi connectivity index (χ4n) is 0.618. The molecule has 0 aromatic rings. The molecule has 0 saturated carbocycles. The lowest BCUT2D eigenvalue weighted by Crippen LogP contribution is -2.17. The largest absolute Gasteiger partial charge is 0.357 e. The van der Waals surface area contributed by atoms with Crippen LogP contribution in [0.5, 0.6) is 0 Å². The van der Waals surface area contributed by atoms with Gasteiger partial charge in [0.1, 0.15) is 0 Å². The molecular formula is C7H16O2S. The Morgan fingerprint density at radius 2 is 1.90 bits per heavy atom. The molecule has 2 N–H and O–H groups in total. The van der Waals surface area contributed by atoms with E-state index in [9.17, 15) is 0 Å². The Morgan fingerprint density at radius 1 is 1.30 bits per heavy atom. The Kier molecular flexibility index (Phi) is 5.13. The first-order chi connectivity index (χ1) is 4.56. The van der Waals surface area contributed by atoms with Crippen molar-refractivity contribution in [1.29, 1.82) is 0 Å². The fraction of sp³-hybridized carbons (Fsp3) is 1.00. The second-order valence-electron chi connectivity index (χ2n) is 2.49. The van der Waals surface area contributed by atoms with Gasteiger partial charge in [-0.1, -0.05) is 31.5 Å². The van der Waals surface area contributed by atoms with Crippen LogP contribution in [-0.4, -0.2) is 21.1 Å². The first-order valence-electron chi connectivity index (χ1n) is 3.65. The van der Waals surface area contributed by atoms with E-state index >= 15 is 0 Å². The van der Waals surface area contributed by atoms with Crippen LogP contribution in [0.1, 0.15) is 33.1 Å². The normalized spacial score (nSPS) is 12.0. The second kappa shape index (κ2) is 4.99. The minimum Gasteiger partial charge on any atom is -0.357 e. The van der Waals surface area contributed by atoms with Gasteiger partial charge in [-0.3, -0.25) is 0 Å². The zero-order chi connectivity index (χ0) is 8.04. The summed E-state index contributed by atoms with van der Waals surface area (Å²) in [5.41, 5.74) is 0. The van der Waals surface area contributed by atoms with E-state index in [0.717, 1.165) is 12.2 Å². The fourth-order valence-corrected chi connectivity index (χ4v) is 1.35. The number of hydrogen-bond donors (Lipinski definition) is 2.